The first-order valence-corrected chi connectivity index (χ1v) is 6.88. The Bertz CT molecular complexity index is 405. The standard InChI is InChI=1S/C14H24N4/c1-5-12-8-14(16-11(3)15-12)17-13-6-7-18(4)9-10(13)2/h8,10,13H,5-7,9H2,1-4H3,(H,15,16,17). The van der Waals surface area contributed by atoms with Crippen LogP contribution in [0.15, 0.2) is 6.07 Å². The Hall–Kier alpha value is -1.16. The summed E-state index contributed by atoms with van der Waals surface area (Å²) in [5.74, 6) is 2.50. The minimum absolute atomic E-state index is 0.528. The number of nitrogens with zero attached hydrogens (tertiary/aromatic N) is 3. The number of hydrogen-bond donors (Lipinski definition) is 1. The van der Waals surface area contributed by atoms with Crippen LogP contribution in [0, 0.1) is 12.8 Å². The van der Waals surface area contributed by atoms with Gasteiger partial charge in [-0.05, 0) is 39.3 Å². The van der Waals surface area contributed by atoms with Gasteiger partial charge in [-0.1, -0.05) is 13.8 Å². The van der Waals surface area contributed by atoms with Crippen LogP contribution in [0.5, 0.6) is 0 Å². The summed E-state index contributed by atoms with van der Waals surface area (Å²) in [7, 11) is 2.19. The van der Waals surface area contributed by atoms with Crippen molar-refractivity contribution in [1.29, 1.82) is 0 Å². The third kappa shape index (κ3) is 3.19. The number of aryl methyl sites for hydroxylation is 2. The Morgan fingerprint density at radius 3 is 2.89 bits per heavy atom. The number of hydrogen-bond acceptors (Lipinski definition) is 4. The van der Waals surface area contributed by atoms with E-state index >= 15 is 0 Å². The molecule has 1 aliphatic rings. The summed E-state index contributed by atoms with van der Waals surface area (Å²) in [6.07, 6.45) is 2.14. The van der Waals surface area contributed by atoms with Crippen LogP contribution in [-0.2, 0) is 6.42 Å². The van der Waals surface area contributed by atoms with E-state index in [1.807, 2.05) is 6.92 Å². The lowest BCUT2D eigenvalue weighted by molar-refractivity contribution is 0.206. The third-order valence-electron chi connectivity index (χ3n) is 3.69. The van der Waals surface area contributed by atoms with Crippen LogP contribution < -0.4 is 5.32 Å². The fourth-order valence-corrected chi connectivity index (χ4v) is 2.64. The first-order valence-electron chi connectivity index (χ1n) is 6.88. The molecule has 1 fully saturated rings. The third-order valence-corrected chi connectivity index (χ3v) is 3.69. The average Bonchev–Trinajstić information content (AvgIpc) is 2.32. The second-order valence-corrected chi connectivity index (χ2v) is 5.42. The van der Waals surface area contributed by atoms with Crippen LogP contribution in [0.25, 0.3) is 0 Å². The van der Waals surface area contributed by atoms with Crippen molar-refractivity contribution in [3.63, 3.8) is 0 Å². The van der Waals surface area contributed by atoms with Crippen molar-refractivity contribution in [1.82, 2.24) is 14.9 Å². The molecule has 1 aromatic rings. The molecule has 2 unspecified atom stereocenters. The molecule has 4 heteroatoms. The molecule has 0 radical (unpaired) electrons. The van der Waals surface area contributed by atoms with E-state index in [0.717, 1.165) is 36.8 Å². The molecule has 0 bridgehead atoms. The number of anilines is 1. The van der Waals surface area contributed by atoms with E-state index in [1.54, 1.807) is 0 Å². The molecular weight excluding hydrogens is 224 g/mol. The Morgan fingerprint density at radius 2 is 2.22 bits per heavy atom. The van der Waals surface area contributed by atoms with Gasteiger partial charge >= 0.3 is 0 Å². The van der Waals surface area contributed by atoms with Gasteiger partial charge in [0.15, 0.2) is 0 Å². The van der Waals surface area contributed by atoms with E-state index in [0.29, 0.717) is 12.0 Å². The minimum Gasteiger partial charge on any atom is -0.367 e. The Kier molecular flexibility index (Phi) is 4.17. The lowest BCUT2D eigenvalue weighted by atomic mass is 9.94. The van der Waals surface area contributed by atoms with Gasteiger partial charge in [0.1, 0.15) is 11.6 Å². The molecule has 0 aromatic carbocycles. The Balaban J connectivity index is 2.06. The maximum Gasteiger partial charge on any atom is 0.130 e. The van der Waals surface area contributed by atoms with Crippen molar-refractivity contribution in [2.45, 2.75) is 39.7 Å². The summed E-state index contributed by atoms with van der Waals surface area (Å²) in [5.41, 5.74) is 1.12. The van der Waals surface area contributed by atoms with Gasteiger partial charge in [-0.15, -0.1) is 0 Å². The maximum absolute atomic E-state index is 4.49. The zero-order valence-electron chi connectivity index (χ0n) is 11.9. The number of piperidine rings is 1. The van der Waals surface area contributed by atoms with Gasteiger partial charge in [0.25, 0.3) is 0 Å². The average molecular weight is 248 g/mol. The molecule has 2 atom stereocenters. The quantitative estimate of drug-likeness (QED) is 0.889. The van der Waals surface area contributed by atoms with E-state index in [9.17, 15) is 0 Å². The second kappa shape index (κ2) is 5.65. The van der Waals surface area contributed by atoms with Crippen molar-refractivity contribution >= 4 is 5.82 Å². The Labute approximate surface area is 110 Å². The smallest absolute Gasteiger partial charge is 0.130 e. The van der Waals surface area contributed by atoms with E-state index < -0.39 is 0 Å². The molecule has 2 heterocycles. The molecule has 1 N–H and O–H groups in total. The normalized spacial score (nSPS) is 25.1. The van der Waals surface area contributed by atoms with E-state index in [2.05, 4.69) is 47.1 Å². The fraction of sp³-hybridized carbons (Fsp3) is 0.714. The summed E-state index contributed by atoms with van der Waals surface area (Å²) in [6, 6.07) is 2.61. The molecule has 2 rings (SSSR count). The largest absolute Gasteiger partial charge is 0.367 e. The highest BCUT2D eigenvalue weighted by Crippen LogP contribution is 2.20. The lowest BCUT2D eigenvalue weighted by Gasteiger charge is -2.35. The van der Waals surface area contributed by atoms with Crippen LogP contribution in [0.1, 0.15) is 31.8 Å². The summed E-state index contributed by atoms with van der Waals surface area (Å²) < 4.78 is 0. The molecule has 0 amide bonds. The molecule has 18 heavy (non-hydrogen) atoms. The van der Waals surface area contributed by atoms with Crippen molar-refractivity contribution in [2.75, 3.05) is 25.5 Å². The van der Waals surface area contributed by atoms with E-state index in [4.69, 9.17) is 0 Å². The van der Waals surface area contributed by atoms with Crippen LogP contribution >= 0.6 is 0 Å². The molecule has 1 saturated heterocycles. The van der Waals surface area contributed by atoms with Gasteiger partial charge in [0.05, 0.1) is 0 Å². The zero-order valence-corrected chi connectivity index (χ0v) is 11.9. The van der Waals surface area contributed by atoms with Gasteiger partial charge < -0.3 is 10.2 Å². The lowest BCUT2D eigenvalue weighted by Crippen LogP contribution is -2.43. The summed E-state index contributed by atoms with van der Waals surface area (Å²) in [4.78, 5) is 11.3. The maximum atomic E-state index is 4.49. The van der Waals surface area contributed by atoms with Crippen LogP contribution in [0.3, 0.4) is 0 Å². The molecule has 100 valence electrons. The summed E-state index contributed by atoms with van der Waals surface area (Å²) in [6.45, 7) is 8.71. The van der Waals surface area contributed by atoms with Gasteiger partial charge in [0, 0.05) is 24.3 Å². The highest BCUT2D eigenvalue weighted by molar-refractivity contribution is 5.37. The first kappa shape index (κ1) is 13.3. The molecule has 0 aliphatic carbocycles. The van der Waals surface area contributed by atoms with Crippen molar-refractivity contribution in [2.24, 2.45) is 5.92 Å². The fourth-order valence-electron chi connectivity index (χ4n) is 2.64. The monoisotopic (exact) mass is 248 g/mol. The van der Waals surface area contributed by atoms with E-state index in [1.165, 1.54) is 6.42 Å². The summed E-state index contributed by atoms with van der Waals surface area (Å²) >= 11 is 0. The van der Waals surface area contributed by atoms with Crippen LogP contribution in [0.4, 0.5) is 5.82 Å². The minimum atomic E-state index is 0.528. The first-order chi connectivity index (χ1) is 8.58. The highest BCUT2D eigenvalue weighted by atomic mass is 15.1. The van der Waals surface area contributed by atoms with Gasteiger partial charge in [-0.25, -0.2) is 9.97 Å². The molecular formula is C14H24N4. The van der Waals surface area contributed by atoms with Gasteiger partial charge in [0.2, 0.25) is 0 Å². The van der Waals surface area contributed by atoms with Crippen molar-refractivity contribution < 1.29 is 0 Å². The molecule has 4 nitrogen and oxygen atoms in total. The predicted molar refractivity (Wildman–Crippen MR) is 74.8 cm³/mol. The van der Waals surface area contributed by atoms with Gasteiger partial charge in [-0.2, -0.15) is 0 Å². The topological polar surface area (TPSA) is 41.0 Å². The number of nitrogens with one attached hydrogen (secondary N) is 1. The molecule has 0 spiro atoms. The number of aromatic nitrogens is 2. The molecule has 0 saturated carbocycles. The second-order valence-electron chi connectivity index (χ2n) is 5.42. The summed E-state index contributed by atoms with van der Waals surface area (Å²) in [5, 5.41) is 3.59. The Morgan fingerprint density at radius 1 is 1.44 bits per heavy atom. The predicted octanol–water partition coefficient (Wildman–Crippen LogP) is 2.10. The van der Waals surface area contributed by atoms with Crippen LogP contribution in [-0.4, -0.2) is 41.0 Å². The van der Waals surface area contributed by atoms with Crippen molar-refractivity contribution in [3.8, 4) is 0 Å². The number of rotatable bonds is 3. The van der Waals surface area contributed by atoms with Crippen LogP contribution in [0.2, 0.25) is 0 Å². The van der Waals surface area contributed by atoms with Crippen molar-refractivity contribution in [3.05, 3.63) is 17.6 Å². The molecule has 1 aliphatic heterocycles. The SMILES string of the molecule is CCc1cc(NC2CCN(C)CC2C)nc(C)n1. The number of likely N-dealkylation sites (tertiary alicyclic amines) is 1. The highest BCUT2D eigenvalue weighted by Gasteiger charge is 2.24. The molecule has 1 aromatic heterocycles. The van der Waals surface area contributed by atoms with E-state index in [-0.39, 0.29) is 0 Å². The van der Waals surface area contributed by atoms with Gasteiger partial charge in [-0.3, -0.25) is 0 Å². The zero-order chi connectivity index (χ0) is 13.1.